The van der Waals surface area contributed by atoms with E-state index in [4.69, 9.17) is 0 Å². The van der Waals surface area contributed by atoms with Crippen LogP contribution in [0.4, 0.5) is 5.69 Å². The Morgan fingerprint density at radius 1 is 1.33 bits per heavy atom. The van der Waals surface area contributed by atoms with Crippen molar-refractivity contribution in [3.05, 3.63) is 18.5 Å². The lowest BCUT2D eigenvalue weighted by Gasteiger charge is -2.27. The van der Waals surface area contributed by atoms with Crippen LogP contribution in [0.15, 0.2) is 23.4 Å². The fourth-order valence-electron chi connectivity index (χ4n) is 1.62. The molecule has 1 heterocycles. The van der Waals surface area contributed by atoms with E-state index in [1.165, 1.54) is 6.20 Å². The fourth-order valence-corrected chi connectivity index (χ4v) is 2.87. The lowest BCUT2D eigenvalue weighted by Crippen LogP contribution is -2.34. The van der Waals surface area contributed by atoms with Gasteiger partial charge in [-0.1, -0.05) is 34.6 Å². The minimum absolute atomic E-state index is 0.0563. The van der Waals surface area contributed by atoms with E-state index >= 15 is 0 Å². The lowest BCUT2D eigenvalue weighted by atomic mass is 9.82. The standard InChI is InChI=1S/C15H27N3O2S/c1-6-8-17-13-7-9-16-11-14(13)21(19,20)18-10-12(2)15(3,4)5/h7,9,11-12,18H,6,8,10H2,1-5H3,(H,16,17). The first kappa shape index (κ1) is 17.9. The molecule has 0 amide bonds. The molecule has 0 radical (unpaired) electrons. The Morgan fingerprint density at radius 3 is 2.57 bits per heavy atom. The maximum atomic E-state index is 12.5. The van der Waals surface area contributed by atoms with Crippen LogP contribution in [0.5, 0.6) is 0 Å². The average Bonchev–Trinajstić information content (AvgIpc) is 2.41. The largest absolute Gasteiger partial charge is 0.384 e. The Balaban J connectivity index is 2.88. The van der Waals surface area contributed by atoms with E-state index in [9.17, 15) is 8.42 Å². The second-order valence-corrected chi connectivity index (χ2v) is 8.15. The molecule has 0 aliphatic rings. The summed E-state index contributed by atoms with van der Waals surface area (Å²) in [6.45, 7) is 11.5. The number of hydrogen-bond donors (Lipinski definition) is 2. The summed E-state index contributed by atoms with van der Waals surface area (Å²) < 4.78 is 27.6. The highest BCUT2D eigenvalue weighted by molar-refractivity contribution is 7.89. The zero-order valence-corrected chi connectivity index (χ0v) is 14.4. The molecular weight excluding hydrogens is 286 g/mol. The summed E-state index contributed by atoms with van der Waals surface area (Å²) in [5.41, 5.74) is 0.656. The van der Waals surface area contributed by atoms with Crippen LogP contribution >= 0.6 is 0 Å². The van der Waals surface area contributed by atoms with Gasteiger partial charge in [-0.05, 0) is 23.8 Å². The van der Waals surface area contributed by atoms with Gasteiger partial charge in [-0.15, -0.1) is 0 Å². The van der Waals surface area contributed by atoms with Crippen LogP contribution in [0, 0.1) is 11.3 Å². The van der Waals surface area contributed by atoms with Gasteiger partial charge in [0.15, 0.2) is 0 Å². The van der Waals surface area contributed by atoms with Gasteiger partial charge >= 0.3 is 0 Å². The molecule has 5 nitrogen and oxygen atoms in total. The van der Waals surface area contributed by atoms with Crippen LogP contribution in [-0.4, -0.2) is 26.5 Å². The van der Waals surface area contributed by atoms with Crippen molar-refractivity contribution in [2.24, 2.45) is 11.3 Å². The van der Waals surface area contributed by atoms with Gasteiger partial charge in [0, 0.05) is 25.5 Å². The van der Waals surface area contributed by atoms with Crippen LogP contribution in [0.2, 0.25) is 0 Å². The lowest BCUT2D eigenvalue weighted by molar-refractivity contribution is 0.263. The number of aromatic nitrogens is 1. The smallest absolute Gasteiger partial charge is 0.244 e. The molecule has 0 spiro atoms. The van der Waals surface area contributed by atoms with E-state index in [2.05, 4.69) is 35.8 Å². The highest BCUT2D eigenvalue weighted by Gasteiger charge is 2.24. The monoisotopic (exact) mass is 313 g/mol. The van der Waals surface area contributed by atoms with Gasteiger partial charge in [-0.3, -0.25) is 4.98 Å². The molecule has 0 saturated carbocycles. The maximum Gasteiger partial charge on any atom is 0.244 e. The van der Waals surface area contributed by atoms with E-state index in [1.54, 1.807) is 12.3 Å². The van der Waals surface area contributed by atoms with Crippen molar-refractivity contribution in [1.29, 1.82) is 0 Å². The van der Waals surface area contributed by atoms with Crippen molar-refractivity contribution in [3.63, 3.8) is 0 Å². The highest BCUT2D eigenvalue weighted by atomic mass is 32.2. The number of nitrogens with one attached hydrogen (secondary N) is 2. The third-order valence-electron chi connectivity index (χ3n) is 3.70. The Hall–Kier alpha value is -1.14. The predicted molar refractivity (Wildman–Crippen MR) is 86.8 cm³/mol. The Bertz CT molecular complexity index is 550. The van der Waals surface area contributed by atoms with Crippen LogP contribution in [0.1, 0.15) is 41.0 Å². The predicted octanol–water partition coefficient (Wildman–Crippen LogP) is 2.86. The minimum atomic E-state index is -3.55. The van der Waals surface area contributed by atoms with Gasteiger partial charge in [-0.25, -0.2) is 13.1 Å². The first-order valence-corrected chi connectivity index (χ1v) is 8.84. The van der Waals surface area contributed by atoms with Gasteiger partial charge in [0.1, 0.15) is 4.90 Å². The first-order chi connectivity index (χ1) is 9.68. The van der Waals surface area contributed by atoms with Crippen molar-refractivity contribution >= 4 is 15.7 Å². The number of hydrogen-bond acceptors (Lipinski definition) is 4. The Morgan fingerprint density at radius 2 is 2.00 bits per heavy atom. The summed E-state index contributed by atoms with van der Waals surface area (Å²) in [5, 5.41) is 3.13. The van der Waals surface area contributed by atoms with Gasteiger partial charge in [0.25, 0.3) is 0 Å². The number of anilines is 1. The van der Waals surface area contributed by atoms with Crippen molar-refractivity contribution < 1.29 is 8.42 Å². The SMILES string of the molecule is CCCNc1ccncc1S(=O)(=O)NCC(C)C(C)(C)C. The summed E-state index contributed by atoms with van der Waals surface area (Å²) >= 11 is 0. The number of rotatable bonds is 7. The quantitative estimate of drug-likeness (QED) is 0.812. The molecule has 120 valence electrons. The second-order valence-electron chi connectivity index (χ2n) is 6.42. The van der Waals surface area contributed by atoms with Crippen molar-refractivity contribution in [1.82, 2.24) is 9.71 Å². The molecule has 0 aliphatic carbocycles. The molecule has 1 unspecified atom stereocenters. The zero-order chi connectivity index (χ0) is 16.1. The third-order valence-corrected chi connectivity index (χ3v) is 5.15. The molecule has 1 atom stereocenters. The van der Waals surface area contributed by atoms with Crippen LogP contribution in [-0.2, 0) is 10.0 Å². The van der Waals surface area contributed by atoms with Crippen molar-refractivity contribution in [2.75, 3.05) is 18.4 Å². The number of pyridine rings is 1. The topological polar surface area (TPSA) is 71.1 Å². The van der Waals surface area contributed by atoms with Gasteiger partial charge < -0.3 is 5.32 Å². The van der Waals surface area contributed by atoms with E-state index in [0.29, 0.717) is 12.2 Å². The maximum absolute atomic E-state index is 12.5. The molecule has 2 N–H and O–H groups in total. The zero-order valence-electron chi connectivity index (χ0n) is 13.6. The molecule has 0 aromatic carbocycles. The van der Waals surface area contributed by atoms with E-state index in [0.717, 1.165) is 13.0 Å². The van der Waals surface area contributed by atoms with E-state index < -0.39 is 10.0 Å². The Kier molecular flexibility index (Phi) is 6.16. The second kappa shape index (κ2) is 7.22. The van der Waals surface area contributed by atoms with Crippen molar-refractivity contribution in [2.45, 2.75) is 45.9 Å². The molecule has 1 aromatic rings. The molecule has 0 bridgehead atoms. The van der Waals surface area contributed by atoms with Gasteiger partial charge in [-0.2, -0.15) is 0 Å². The fraction of sp³-hybridized carbons (Fsp3) is 0.667. The minimum Gasteiger partial charge on any atom is -0.384 e. The number of sulfonamides is 1. The van der Waals surface area contributed by atoms with E-state index in [-0.39, 0.29) is 16.2 Å². The van der Waals surface area contributed by atoms with Gasteiger partial charge in [0.2, 0.25) is 10.0 Å². The van der Waals surface area contributed by atoms with Crippen molar-refractivity contribution in [3.8, 4) is 0 Å². The summed E-state index contributed by atoms with van der Waals surface area (Å²) in [6.07, 6.45) is 3.91. The van der Waals surface area contributed by atoms with Crippen LogP contribution in [0.3, 0.4) is 0 Å². The molecule has 1 rings (SSSR count). The summed E-state index contributed by atoms with van der Waals surface area (Å²) in [6, 6.07) is 1.69. The average molecular weight is 313 g/mol. The van der Waals surface area contributed by atoms with Crippen LogP contribution in [0.25, 0.3) is 0 Å². The molecule has 0 aliphatic heterocycles. The molecule has 1 aromatic heterocycles. The first-order valence-electron chi connectivity index (χ1n) is 7.36. The molecule has 6 heteroatoms. The van der Waals surface area contributed by atoms with Crippen LogP contribution < -0.4 is 10.0 Å². The molecule has 0 saturated heterocycles. The highest BCUT2D eigenvalue weighted by Crippen LogP contribution is 2.25. The number of nitrogens with zero attached hydrogens (tertiary/aromatic N) is 1. The molecular formula is C15H27N3O2S. The summed E-state index contributed by atoms with van der Waals surface area (Å²) in [4.78, 5) is 4.14. The van der Waals surface area contributed by atoms with Gasteiger partial charge in [0.05, 0.1) is 5.69 Å². The third kappa shape index (κ3) is 5.28. The summed E-state index contributed by atoms with van der Waals surface area (Å²) in [5.74, 6) is 0.232. The molecule has 0 fully saturated rings. The normalized spacial score (nSPS) is 14.0. The Labute approximate surface area is 128 Å². The molecule has 21 heavy (non-hydrogen) atoms. The summed E-state index contributed by atoms with van der Waals surface area (Å²) in [7, 11) is -3.55. The van der Waals surface area contributed by atoms with E-state index in [1.807, 2.05) is 13.8 Å².